The molecule has 0 radical (unpaired) electrons. The molecule has 5 heteroatoms. The lowest BCUT2D eigenvalue weighted by atomic mass is 10.1. The zero-order valence-corrected chi connectivity index (χ0v) is 12.1. The molecule has 3 nitrogen and oxygen atoms in total. The van der Waals surface area contributed by atoms with Crippen LogP contribution in [0.3, 0.4) is 0 Å². The van der Waals surface area contributed by atoms with Crippen molar-refractivity contribution in [3.8, 4) is 5.75 Å². The van der Waals surface area contributed by atoms with Crippen LogP contribution in [0.2, 0.25) is 5.02 Å². The van der Waals surface area contributed by atoms with Crippen LogP contribution in [0.25, 0.3) is 0 Å². The van der Waals surface area contributed by atoms with Gasteiger partial charge in [-0.2, -0.15) is 0 Å². The third kappa shape index (κ3) is 3.61. The second kappa shape index (κ2) is 6.26. The Balaban J connectivity index is 3.01. The predicted octanol–water partition coefficient (Wildman–Crippen LogP) is 3.29. The maximum Gasteiger partial charge on any atom is 0.257 e. The number of nitrogens with zero attached hydrogens (tertiary/aromatic N) is 1. The standard InChI is InChI=1S/C12H15BrClNO2/c1-8(2)15(6-5-13)12(17)10-4-3-9(14)7-11(10)16/h3-4,7-8,16H,5-6H2,1-2H3. The van der Waals surface area contributed by atoms with Crippen LogP contribution in [-0.4, -0.2) is 33.8 Å². The van der Waals surface area contributed by atoms with Crippen LogP contribution in [0, 0.1) is 0 Å². The van der Waals surface area contributed by atoms with E-state index < -0.39 is 0 Å². The number of carbonyl (C=O) groups excluding carboxylic acids is 1. The second-order valence-electron chi connectivity index (χ2n) is 3.94. The Morgan fingerprint density at radius 2 is 2.18 bits per heavy atom. The molecule has 1 aromatic rings. The minimum atomic E-state index is -0.186. The number of alkyl halides is 1. The smallest absolute Gasteiger partial charge is 0.257 e. The summed E-state index contributed by atoms with van der Waals surface area (Å²) in [6.45, 7) is 4.47. The van der Waals surface area contributed by atoms with Crippen molar-refractivity contribution in [1.29, 1.82) is 0 Å². The quantitative estimate of drug-likeness (QED) is 0.865. The molecule has 0 spiro atoms. The molecule has 0 aliphatic carbocycles. The van der Waals surface area contributed by atoms with Crippen molar-refractivity contribution in [2.75, 3.05) is 11.9 Å². The number of carbonyl (C=O) groups is 1. The molecule has 1 aromatic carbocycles. The second-order valence-corrected chi connectivity index (χ2v) is 5.17. The van der Waals surface area contributed by atoms with Crippen LogP contribution in [0.4, 0.5) is 0 Å². The zero-order valence-electron chi connectivity index (χ0n) is 9.78. The van der Waals surface area contributed by atoms with Crippen LogP contribution >= 0.6 is 27.5 Å². The summed E-state index contributed by atoms with van der Waals surface area (Å²) in [7, 11) is 0. The number of halogens is 2. The zero-order chi connectivity index (χ0) is 13.0. The van der Waals surface area contributed by atoms with E-state index in [0.29, 0.717) is 16.9 Å². The van der Waals surface area contributed by atoms with Crippen LogP contribution in [0.5, 0.6) is 5.75 Å². The summed E-state index contributed by atoms with van der Waals surface area (Å²) < 4.78 is 0. The Kier molecular flexibility index (Phi) is 5.28. The van der Waals surface area contributed by atoms with Gasteiger partial charge in [0.1, 0.15) is 5.75 Å². The van der Waals surface area contributed by atoms with Crippen molar-refractivity contribution in [1.82, 2.24) is 4.90 Å². The minimum absolute atomic E-state index is 0.0788. The van der Waals surface area contributed by atoms with Gasteiger partial charge in [0.15, 0.2) is 0 Å². The normalized spacial score (nSPS) is 10.6. The Morgan fingerprint density at radius 3 is 2.65 bits per heavy atom. The average molecular weight is 321 g/mol. The molecule has 0 saturated heterocycles. The first-order valence-electron chi connectivity index (χ1n) is 5.32. The number of aromatic hydroxyl groups is 1. The van der Waals surface area contributed by atoms with E-state index in [0.717, 1.165) is 0 Å². The molecule has 0 saturated carbocycles. The highest BCUT2D eigenvalue weighted by Crippen LogP contribution is 2.23. The van der Waals surface area contributed by atoms with Crippen molar-refractivity contribution < 1.29 is 9.90 Å². The molecule has 0 atom stereocenters. The van der Waals surface area contributed by atoms with Gasteiger partial charge in [-0.1, -0.05) is 27.5 Å². The number of rotatable bonds is 4. The number of benzene rings is 1. The number of phenols is 1. The molecule has 0 aliphatic rings. The summed E-state index contributed by atoms with van der Waals surface area (Å²) in [5.74, 6) is -0.267. The third-order valence-electron chi connectivity index (χ3n) is 2.40. The van der Waals surface area contributed by atoms with Gasteiger partial charge in [0.05, 0.1) is 5.56 Å². The van der Waals surface area contributed by atoms with Crippen molar-refractivity contribution in [2.45, 2.75) is 19.9 Å². The highest BCUT2D eigenvalue weighted by atomic mass is 79.9. The van der Waals surface area contributed by atoms with E-state index in [-0.39, 0.29) is 23.3 Å². The van der Waals surface area contributed by atoms with E-state index in [1.165, 1.54) is 6.07 Å². The molecule has 0 aliphatic heterocycles. The molecule has 0 aromatic heterocycles. The van der Waals surface area contributed by atoms with Gasteiger partial charge >= 0.3 is 0 Å². The number of amides is 1. The summed E-state index contributed by atoms with van der Waals surface area (Å²) in [6, 6.07) is 4.60. The van der Waals surface area contributed by atoms with Gasteiger partial charge < -0.3 is 10.0 Å². The van der Waals surface area contributed by atoms with Gasteiger partial charge in [0.25, 0.3) is 5.91 Å². The average Bonchev–Trinajstić information content (AvgIpc) is 2.24. The van der Waals surface area contributed by atoms with Gasteiger partial charge in [-0.25, -0.2) is 0 Å². The predicted molar refractivity (Wildman–Crippen MR) is 73.1 cm³/mol. The van der Waals surface area contributed by atoms with Crippen LogP contribution in [-0.2, 0) is 0 Å². The summed E-state index contributed by atoms with van der Waals surface area (Å²) in [5.41, 5.74) is 0.282. The number of hydrogen-bond acceptors (Lipinski definition) is 2. The van der Waals surface area contributed by atoms with E-state index in [2.05, 4.69) is 15.9 Å². The molecular weight excluding hydrogens is 305 g/mol. The molecule has 17 heavy (non-hydrogen) atoms. The Morgan fingerprint density at radius 1 is 1.53 bits per heavy atom. The van der Waals surface area contributed by atoms with Crippen LogP contribution in [0.15, 0.2) is 18.2 Å². The summed E-state index contributed by atoms with van der Waals surface area (Å²) in [6.07, 6.45) is 0. The fourth-order valence-corrected chi connectivity index (χ4v) is 2.07. The third-order valence-corrected chi connectivity index (χ3v) is 2.99. The first kappa shape index (κ1) is 14.3. The fourth-order valence-electron chi connectivity index (χ4n) is 1.53. The minimum Gasteiger partial charge on any atom is -0.507 e. The first-order chi connectivity index (χ1) is 7.97. The van der Waals surface area contributed by atoms with Crippen molar-refractivity contribution in [2.24, 2.45) is 0 Å². The summed E-state index contributed by atoms with van der Waals surface area (Å²) in [4.78, 5) is 13.9. The maximum atomic E-state index is 12.2. The SMILES string of the molecule is CC(C)N(CCBr)C(=O)c1ccc(Cl)cc1O. The summed E-state index contributed by atoms with van der Waals surface area (Å²) in [5, 5.41) is 10.8. The van der Waals surface area contributed by atoms with Gasteiger partial charge in [0.2, 0.25) is 0 Å². The molecule has 1 N–H and O–H groups in total. The summed E-state index contributed by atoms with van der Waals surface area (Å²) >= 11 is 9.04. The van der Waals surface area contributed by atoms with Crippen LogP contribution < -0.4 is 0 Å². The van der Waals surface area contributed by atoms with Crippen molar-refractivity contribution in [3.05, 3.63) is 28.8 Å². The molecule has 0 heterocycles. The largest absolute Gasteiger partial charge is 0.507 e. The van der Waals surface area contributed by atoms with Gasteiger partial charge in [0, 0.05) is 22.9 Å². The molecule has 1 rings (SSSR count). The highest BCUT2D eigenvalue weighted by molar-refractivity contribution is 9.09. The Hall–Kier alpha value is -0.740. The van der Waals surface area contributed by atoms with E-state index in [1.807, 2.05) is 13.8 Å². The number of phenolic OH excluding ortho intramolecular Hbond substituents is 1. The number of hydrogen-bond donors (Lipinski definition) is 1. The van der Waals surface area contributed by atoms with E-state index >= 15 is 0 Å². The van der Waals surface area contributed by atoms with E-state index in [4.69, 9.17) is 11.6 Å². The Bertz CT molecular complexity index is 409. The van der Waals surface area contributed by atoms with E-state index in [1.54, 1.807) is 17.0 Å². The van der Waals surface area contributed by atoms with Gasteiger partial charge in [-0.15, -0.1) is 0 Å². The maximum absolute atomic E-state index is 12.2. The van der Waals surface area contributed by atoms with Crippen molar-refractivity contribution in [3.63, 3.8) is 0 Å². The molecule has 0 bridgehead atoms. The molecule has 94 valence electrons. The van der Waals surface area contributed by atoms with E-state index in [9.17, 15) is 9.90 Å². The topological polar surface area (TPSA) is 40.5 Å². The molecule has 0 fully saturated rings. The first-order valence-corrected chi connectivity index (χ1v) is 6.82. The lowest BCUT2D eigenvalue weighted by molar-refractivity contribution is 0.0716. The van der Waals surface area contributed by atoms with Gasteiger partial charge in [-0.3, -0.25) is 4.79 Å². The highest BCUT2D eigenvalue weighted by Gasteiger charge is 2.20. The molecule has 1 amide bonds. The Labute approximate surface area is 115 Å². The lowest BCUT2D eigenvalue weighted by Gasteiger charge is -2.26. The monoisotopic (exact) mass is 319 g/mol. The molecule has 0 unspecified atom stereocenters. The van der Waals surface area contributed by atoms with Crippen molar-refractivity contribution >= 4 is 33.4 Å². The van der Waals surface area contributed by atoms with Gasteiger partial charge in [-0.05, 0) is 32.0 Å². The fraction of sp³-hybridized carbons (Fsp3) is 0.417. The lowest BCUT2D eigenvalue weighted by Crippen LogP contribution is -2.38. The molecular formula is C12H15BrClNO2. The van der Waals surface area contributed by atoms with Crippen LogP contribution in [0.1, 0.15) is 24.2 Å².